The summed E-state index contributed by atoms with van der Waals surface area (Å²) in [5, 5.41) is 0. The molecular weight excluding hydrogens is 140 g/mol. The van der Waals surface area contributed by atoms with Gasteiger partial charge in [0.25, 0.3) is 0 Å². The molecule has 0 aliphatic carbocycles. The van der Waals surface area contributed by atoms with E-state index in [4.69, 9.17) is 4.74 Å². The van der Waals surface area contributed by atoms with Gasteiger partial charge in [0.05, 0.1) is 0 Å². The Morgan fingerprint density at radius 3 is 2.45 bits per heavy atom. The van der Waals surface area contributed by atoms with Gasteiger partial charge in [-0.15, -0.1) is 0 Å². The Hall–Kier alpha value is -1.28. The monoisotopic (exact) mass is 152 g/mol. The predicted octanol–water partition coefficient (Wildman–Crippen LogP) is 1.43. The maximum absolute atomic E-state index is 5.24. The van der Waals surface area contributed by atoms with Crippen LogP contribution in [0.2, 0.25) is 0 Å². The molecule has 2 heteroatoms. The number of hydrogen-bond donors (Lipinski definition) is 0. The van der Waals surface area contributed by atoms with Crippen molar-refractivity contribution in [3.8, 4) is 5.75 Å². The van der Waals surface area contributed by atoms with Crippen LogP contribution in [0.1, 0.15) is 0 Å². The molecule has 0 aromatic heterocycles. The molecule has 0 radical (unpaired) electrons. The third-order valence-corrected chi connectivity index (χ3v) is 1.11. The highest BCUT2D eigenvalue weighted by Crippen LogP contribution is 2.07. The summed E-state index contributed by atoms with van der Waals surface area (Å²) in [7, 11) is 0. The molecule has 60 valence electrons. The standard InChI is InChI=1S/C9H10O.H2O/c1-2-8-10-9-6-4-3-5-7-9;/h2-7H,1,8H2;1H2. The molecule has 0 fully saturated rings. The van der Waals surface area contributed by atoms with E-state index >= 15 is 0 Å². The number of ether oxygens (including phenoxy) is 1. The highest BCUT2D eigenvalue weighted by atomic mass is 16.5. The highest BCUT2D eigenvalue weighted by Gasteiger charge is 1.84. The first-order valence-corrected chi connectivity index (χ1v) is 3.22. The quantitative estimate of drug-likeness (QED) is 0.604. The first kappa shape index (κ1) is 9.72. The van der Waals surface area contributed by atoms with Crippen molar-refractivity contribution in [1.29, 1.82) is 0 Å². The van der Waals surface area contributed by atoms with Crippen molar-refractivity contribution >= 4 is 0 Å². The fourth-order valence-electron chi connectivity index (χ4n) is 0.672. The van der Waals surface area contributed by atoms with E-state index < -0.39 is 0 Å². The minimum atomic E-state index is 0. The Bertz CT molecular complexity index is 194. The van der Waals surface area contributed by atoms with Gasteiger partial charge in [0.2, 0.25) is 0 Å². The molecule has 0 aliphatic heterocycles. The molecule has 1 aromatic carbocycles. The molecule has 0 bridgehead atoms. The van der Waals surface area contributed by atoms with E-state index in [2.05, 4.69) is 6.58 Å². The van der Waals surface area contributed by atoms with Crippen molar-refractivity contribution in [1.82, 2.24) is 0 Å². The molecule has 0 saturated carbocycles. The Morgan fingerprint density at radius 2 is 1.91 bits per heavy atom. The second-order valence-corrected chi connectivity index (χ2v) is 1.91. The van der Waals surface area contributed by atoms with Crippen molar-refractivity contribution in [2.45, 2.75) is 0 Å². The SMILES string of the molecule is C=CCOc1ccccc1.O. The second kappa shape index (κ2) is 5.50. The van der Waals surface area contributed by atoms with E-state index in [1.807, 2.05) is 30.3 Å². The third kappa shape index (κ3) is 3.43. The van der Waals surface area contributed by atoms with Gasteiger partial charge in [-0.25, -0.2) is 0 Å². The Labute approximate surface area is 66.4 Å². The molecule has 2 nitrogen and oxygen atoms in total. The Morgan fingerprint density at radius 1 is 1.27 bits per heavy atom. The van der Waals surface area contributed by atoms with Crippen LogP contribution in [-0.4, -0.2) is 12.1 Å². The maximum atomic E-state index is 5.24. The Balaban J connectivity index is 0.000001000. The average Bonchev–Trinajstić information content (AvgIpc) is 2.03. The fourth-order valence-corrected chi connectivity index (χ4v) is 0.672. The van der Waals surface area contributed by atoms with E-state index in [0.29, 0.717) is 6.61 Å². The van der Waals surface area contributed by atoms with E-state index in [-0.39, 0.29) is 5.48 Å². The summed E-state index contributed by atoms with van der Waals surface area (Å²) < 4.78 is 5.24. The molecule has 0 atom stereocenters. The van der Waals surface area contributed by atoms with Crippen LogP contribution in [0, 0.1) is 0 Å². The Kier molecular flexibility index (Phi) is 4.86. The van der Waals surface area contributed by atoms with Gasteiger partial charge in [0.1, 0.15) is 12.4 Å². The van der Waals surface area contributed by atoms with Crippen LogP contribution in [0.4, 0.5) is 0 Å². The number of rotatable bonds is 3. The summed E-state index contributed by atoms with van der Waals surface area (Å²) in [4.78, 5) is 0. The zero-order valence-corrected chi connectivity index (χ0v) is 6.29. The molecule has 0 spiro atoms. The molecule has 0 amide bonds. The van der Waals surface area contributed by atoms with E-state index in [1.165, 1.54) is 0 Å². The van der Waals surface area contributed by atoms with E-state index in [1.54, 1.807) is 6.08 Å². The van der Waals surface area contributed by atoms with Crippen molar-refractivity contribution in [2.75, 3.05) is 6.61 Å². The molecule has 0 heterocycles. The largest absolute Gasteiger partial charge is 0.490 e. The molecule has 0 unspecified atom stereocenters. The zero-order valence-electron chi connectivity index (χ0n) is 6.29. The maximum Gasteiger partial charge on any atom is 0.119 e. The molecule has 1 aromatic rings. The highest BCUT2D eigenvalue weighted by molar-refractivity contribution is 5.20. The summed E-state index contributed by atoms with van der Waals surface area (Å²) in [6, 6.07) is 9.69. The first-order chi connectivity index (χ1) is 4.93. The van der Waals surface area contributed by atoms with Crippen LogP contribution < -0.4 is 4.74 Å². The molecule has 11 heavy (non-hydrogen) atoms. The number of hydrogen-bond acceptors (Lipinski definition) is 1. The molecule has 0 saturated heterocycles. The summed E-state index contributed by atoms with van der Waals surface area (Å²) in [6.45, 7) is 4.12. The van der Waals surface area contributed by atoms with Gasteiger partial charge in [0.15, 0.2) is 0 Å². The van der Waals surface area contributed by atoms with Crippen LogP contribution in [0.25, 0.3) is 0 Å². The lowest BCUT2D eigenvalue weighted by Gasteiger charge is -1.99. The van der Waals surface area contributed by atoms with Gasteiger partial charge in [0, 0.05) is 0 Å². The van der Waals surface area contributed by atoms with Crippen molar-refractivity contribution < 1.29 is 10.2 Å². The van der Waals surface area contributed by atoms with Crippen molar-refractivity contribution in [3.63, 3.8) is 0 Å². The summed E-state index contributed by atoms with van der Waals surface area (Å²) in [6.07, 6.45) is 1.73. The lowest BCUT2D eigenvalue weighted by atomic mass is 10.3. The van der Waals surface area contributed by atoms with Gasteiger partial charge < -0.3 is 10.2 Å². The van der Waals surface area contributed by atoms with E-state index in [0.717, 1.165) is 5.75 Å². The lowest BCUT2D eigenvalue weighted by Crippen LogP contribution is -1.91. The molecule has 0 aliphatic rings. The van der Waals surface area contributed by atoms with Crippen molar-refractivity contribution in [3.05, 3.63) is 43.0 Å². The average molecular weight is 152 g/mol. The first-order valence-electron chi connectivity index (χ1n) is 3.22. The van der Waals surface area contributed by atoms with Crippen LogP contribution in [0.3, 0.4) is 0 Å². The van der Waals surface area contributed by atoms with Gasteiger partial charge in [-0.1, -0.05) is 30.9 Å². The summed E-state index contributed by atoms with van der Waals surface area (Å²) >= 11 is 0. The van der Waals surface area contributed by atoms with Crippen LogP contribution >= 0.6 is 0 Å². The van der Waals surface area contributed by atoms with Gasteiger partial charge in [-0.3, -0.25) is 0 Å². The van der Waals surface area contributed by atoms with Gasteiger partial charge >= 0.3 is 0 Å². The van der Waals surface area contributed by atoms with Crippen LogP contribution in [-0.2, 0) is 0 Å². The summed E-state index contributed by atoms with van der Waals surface area (Å²) in [5.74, 6) is 0.891. The minimum Gasteiger partial charge on any atom is -0.490 e. The van der Waals surface area contributed by atoms with E-state index in [9.17, 15) is 0 Å². The van der Waals surface area contributed by atoms with Gasteiger partial charge in [-0.2, -0.15) is 0 Å². The molecule has 2 N–H and O–H groups in total. The minimum absolute atomic E-state index is 0. The van der Waals surface area contributed by atoms with Gasteiger partial charge in [-0.05, 0) is 12.1 Å². The number of para-hydroxylation sites is 1. The van der Waals surface area contributed by atoms with Crippen LogP contribution in [0.5, 0.6) is 5.75 Å². The lowest BCUT2D eigenvalue weighted by molar-refractivity contribution is 0.363. The number of benzene rings is 1. The predicted molar refractivity (Wildman–Crippen MR) is 45.7 cm³/mol. The fraction of sp³-hybridized carbons (Fsp3) is 0.111. The normalized spacial score (nSPS) is 8.00. The molecular formula is C9H12O2. The smallest absolute Gasteiger partial charge is 0.119 e. The zero-order chi connectivity index (χ0) is 7.23. The second-order valence-electron chi connectivity index (χ2n) is 1.91. The van der Waals surface area contributed by atoms with Crippen molar-refractivity contribution in [2.24, 2.45) is 0 Å². The topological polar surface area (TPSA) is 40.7 Å². The van der Waals surface area contributed by atoms with Crippen LogP contribution in [0.15, 0.2) is 43.0 Å². The third-order valence-electron chi connectivity index (χ3n) is 1.11. The molecule has 1 rings (SSSR count). The summed E-state index contributed by atoms with van der Waals surface area (Å²) in [5.41, 5.74) is 0.